The fraction of sp³-hybridized carbons (Fsp3) is 0.222. The molecule has 142 valence electrons. The summed E-state index contributed by atoms with van der Waals surface area (Å²) in [7, 11) is 0. The quantitative estimate of drug-likeness (QED) is 0.216. The second-order valence-corrected chi connectivity index (χ2v) is 9.51. The molecule has 0 aliphatic carbocycles. The molecule has 0 spiro atoms. The third-order valence-electron chi connectivity index (χ3n) is 6.07. The monoisotopic (exact) mass is 377 g/mol. The number of fused-ring (bicyclic) bond motifs is 4. The van der Waals surface area contributed by atoms with Crippen molar-refractivity contribution < 1.29 is 4.42 Å². The Kier molecular flexibility index (Phi) is 3.17. The second-order valence-electron chi connectivity index (χ2n) is 9.51. The van der Waals surface area contributed by atoms with Crippen molar-refractivity contribution in [2.75, 3.05) is 0 Å². The molecule has 0 atom stereocenters. The minimum atomic E-state index is 0.190. The summed E-state index contributed by atoms with van der Waals surface area (Å²) in [6, 6.07) is 17.6. The number of nitrogens with zero attached hydrogens (tertiary/aromatic N) is 1. The van der Waals surface area contributed by atoms with Gasteiger partial charge in [0.25, 0.3) is 0 Å². The lowest BCUT2D eigenvalue weighted by Gasteiger charge is -2.19. The normalized spacial score (nSPS) is 13.0. The average Bonchev–Trinajstić information content (AvgIpc) is 3.03. The van der Waals surface area contributed by atoms with Crippen molar-refractivity contribution in [1.29, 1.82) is 0 Å². The number of rotatable bonds is 1. The van der Waals surface area contributed by atoms with Gasteiger partial charge in [0, 0.05) is 27.7 Å². The predicted molar refractivity (Wildman–Crippen MR) is 123 cm³/mol. The molecule has 2 heteroatoms. The van der Waals surface area contributed by atoms with Crippen LogP contribution in [0.2, 0.25) is 0 Å². The van der Waals surface area contributed by atoms with Crippen LogP contribution in [-0.4, -0.2) is 4.98 Å². The third-order valence-corrected chi connectivity index (χ3v) is 6.07. The first-order valence-electron chi connectivity index (χ1n) is 10.3. The van der Waals surface area contributed by atoms with E-state index >= 15 is 0 Å². The molecule has 2 heterocycles. The van der Waals surface area contributed by atoms with Crippen molar-refractivity contribution in [3.63, 3.8) is 0 Å². The van der Waals surface area contributed by atoms with Gasteiger partial charge in [0.1, 0.15) is 11.3 Å². The first-order chi connectivity index (χ1) is 13.9. The molecule has 2 nitrogen and oxygen atoms in total. The molecule has 0 bridgehead atoms. The summed E-state index contributed by atoms with van der Waals surface area (Å²) in [6.45, 7) is 8.95. The highest BCUT2D eigenvalue weighted by molar-refractivity contribution is 6.34. The van der Waals surface area contributed by atoms with Gasteiger partial charge in [-0.1, -0.05) is 45.0 Å². The molecule has 0 aliphatic rings. The van der Waals surface area contributed by atoms with Crippen molar-refractivity contribution in [3.05, 3.63) is 66.1 Å². The van der Waals surface area contributed by atoms with Crippen LogP contribution < -0.4 is 0 Å². The van der Waals surface area contributed by atoms with Gasteiger partial charge < -0.3 is 4.42 Å². The van der Waals surface area contributed by atoms with Gasteiger partial charge in [-0.15, -0.1) is 0 Å². The summed E-state index contributed by atoms with van der Waals surface area (Å²) < 4.78 is 6.45. The Morgan fingerprint density at radius 3 is 2.28 bits per heavy atom. The van der Waals surface area contributed by atoms with Crippen LogP contribution in [0.25, 0.3) is 54.2 Å². The Labute approximate surface area is 169 Å². The maximum atomic E-state index is 6.45. The Balaban J connectivity index is 1.90. The lowest BCUT2D eigenvalue weighted by molar-refractivity contribution is 0.409. The number of hydrogen-bond donors (Lipinski definition) is 0. The van der Waals surface area contributed by atoms with E-state index in [-0.39, 0.29) is 5.41 Å². The molecule has 29 heavy (non-hydrogen) atoms. The zero-order valence-electron chi connectivity index (χ0n) is 17.3. The van der Waals surface area contributed by atoms with Gasteiger partial charge in [0.05, 0.1) is 5.52 Å². The molecule has 0 amide bonds. The lowest BCUT2D eigenvalue weighted by atomic mass is 9.85. The molecule has 0 unspecified atom stereocenters. The first kappa shape index (κ1) is 16.8. The topological polar surface area (TPSA) is 26.0 Å². The van der Waals surface area contributed by atoms with E-state index in [1.807, 2.05) is 6.20 Å². The summed E-state index contributed by atoms with van der Waals surface area (Å²) in [5.41, 5.74) is 3.59. The maximum absolute atomic E-state index is 6.45. The molecule has 0 saturated heterocycles. The van der Waals surface area contributed by atoms with Crippen LogP contribution in [0.3, 0.4) is 0 Å². The summed E-state index contributed by atoms with van der Waals surface area (Å²) in [5, 5.41) is 9.90. The Bertz CT molecular complexity index is 1560. The van der Waals surface area contributed by atoms with E-state index in [1.54, 1.807) is 0 Å². The molecule has 2 aromatic heterocycles. The van der Waals surface area contributed by atoms with E-state index in [9.17, 15) is 0 Å². The van der Waals surface area contributed by atoms with Gasteiger partial charge >= 0.3 is 0 Å². The van der Waals surface area contributed by atoms with Crippen molar-refractivity contribution in [2.45, 2.75) is 34.1 Å². The fourth-order valence-corrected chi connectivity index (χ4v) is 5.00. The molecule has 0 saturated carbocycles. The lowest BCUT2D eigenvalue weighted by Crippen LogP contribution is -2.09. The zero-order valence-corrected chi connectivity index (χ0v) is 17.3. The van der Waals surface area contributed by atoms with Crippen LogP contribution in [0, 0.1) is 12.3 Å². The van der Waals surface area contributed by atoms with Gasteiger partial charge in [-0.2, -0.15) is 0 Å². The van der Waals surface area contributed by atoms with Crippen LogP contribution in [0.1, 0.15) is 32.1 Å². The van der Waals surface area contributed by atoms with Gasteiger partial charge in [0.2, 0.25) is 0 Å². The summed E-state index contributed by atoms with van der Waals surface area (Å²) in [4.78, 5) is 4.84. The SMILES string of the molecule is Cc1oc2c(CC(C)(C)C)cc3ccnc4c5cc6ccccc6cc5c1c2c34. The second kappa shape index (κ2) is 5.48. The van der Waals surface area contributed by atoms with Crippen molar-refractivity contribution in [2.24, 2.45) is 5.41 Å². The average molecular weight is 377 g/mol. The summed E-state index contributed by atoms with van der Waals surface area (Å²) >= 11 is 0. The zero-order chi connectivity index (χ0) is 19.9. The highest BCUT2D eigenvalue weighted by Crippen LogP contribution is 2.45. The number of benzene rings is 4. The van der Waals surface area contributed by atoms with Gasteiger partial charge in [0.15, 0.2) is 0 Å². The van der Waals surface area contributed by atoms with Crippen LogP contribution in [0.15, 0.2) is 59.1 Å². The largest absolute Gasteiger partial charge is 0.460 e. The number of furan rings is 1. The fourth-order valence-electron chi connectivity index (χ4n) is 5.00. The molecular weight excluding hydrogens is 354 g/mol. The number of pyridine rings is 1. The first-order valence-corrected chi connectivity index (χ1v) is 10.3. The number of aromatic nitrogens is 1. The highest BCUT2D eigenvalue weighted by Gasteiger charge is 2.23. The molecular formula is C27H23NO. The van der Waals surface area contributed by atoms with E-state index < -0.39 is 0 Å². The molecule has 6 aromatic rings. The van der Waals surface area contributed by atoms with Crippen molar-refractivity contribution in [1.82, 2.24) is 4.98 Å². The molecule has 0 N–H and O–H groups in total. The van der Waals surface area contributed by atoms with Crippen LogP contribution >= 0.6 is 0 Å². The Hall–Kier alpha value is -3.13. The highest BCUT2D eigenvalue weighted by atomic mass is 16.3. The molecule has 0 aliphatic heterocycles. The third kappa shape index (κ3) is 2.32. The van der Waals surface area contributed by atoms with E-state index in [0.29, 0.717) is 0 Å². The summed E-state index contributed by atoms with van der Waals surface area (Å²) in [6.07, 6.45) is 2.93. The number of aryl methyl sites for hydroxylation is 1. The van der Waals surface area contributed by atoms with Gasteiger partial charge in [-0.05, 0) is 70.1 Å². The van der Waals surface area contributed by atoms with Gasteiger partial charge in [-0.3, -0.25) is 4.98 Å². The molecule has 0 radical (unpaired) electrons. The van der Waals surface area contributed by atoms with E-state index in [2.05, 4.69) is 76.2 Å². The van der Waals surface area contributed by atoms with Crippen LogP contribution in [-0.2, 0) is 6.42 Å². The number of hydrogen-bond acceptors (Lipinski definition) is 2. The standard InChI is InChI=1S/C27H23NO/c1-15-22-20-12-16-7-5-6-8-17(16)13-21(20)25-23-18(9-10-28-25)11-19(14-27(2,3)4)26(29-15)24(22)23/h5-13H,14H2,1-4H3. The molecule has 4 aromatic carbocycles. The van der Waals surface area contributed by atoms with Crippen LogP contribution in [0.5, 0.6) is 0 Å². The van der Waals surface area contributed by atoms with E-state index in [0.717, 1.165) is 23.3 Å². The Morgan fingerprint density at radius 2 is 1.55 bits per heavy atom. The van der Waals surface area contributed by atoms with E-state index in [1.165, 1.54) is 48.7 Å². The minimum Gasteiger partial charge on any atom is -0.460 e. The van der Waals surface area contributed by atoms with Crippen molar-refractivity contribution >= 4 is 54.2 Å². The molecule has 6 rings (SSSR count). The summed E-state index contributed by atoms with van der Waals surface area (Å²) in [5.74, 6) is 0.994. The van der Waals surface area contributed by atoms with Crippen LogP contribution in [0.4, 0.5) is 0 Å². The smallest absolute Gasteiger partial charge is 0.138 e. The van der Waals surface area contributed by atoms with E-state index in [4.69, 9.17) is 9.40 Å². The minimum absolute atomic E-state index is 0.190. The molecule has 0 fully saturated rings. The van der Waals surface area contributed by atoms with Gasteiger partial charge in [-0.25, -0.2) is 0 Å². The predicted octanol–water partition coefficient (Wildman–Crippen LogP) is 7.78. The maximum Gasteiger partial charge on any atom is 0.138 e. The van der Waals surface area contributed by atoms with Crippen molar-refractivity contribution in [3.8, 4) is 0 Å². The Morgan fingerprint density at radius 1 is 0.828 bits per heavy atom.